The van der Waals surface area contributed by atoms with Gasteiger partial charge in [0.25, 0.3) is 0 Å². The van der Waals surface area contributed by atoms with Gasteiger partial charge in [-0.2, -0.15) is 0 Å². The first-order valence-electron chi connectivity index (χ1n) is 8.32. The average molecular weight is 344 g/mol. The zero-order valence-electron chi connectivity index (χ0n) is 14.7. The number of nitrogens with zero attached hydrogens (tertiary/aromatic N) is 1. The minimum atomic E-state index is -0.897. The third-order valence-electron chi connectivity index (χ3n) is 3.63. The van der Waals surface area contributed by atoms with Crippen molar-refractivity contribution in [2.75, 3.05) is 13.1 Å². The quantitative estimate of drug-likeness (QED) is 0.774. The van der Waals surface area contributed by atoms with Crippen molar-refractivity contribution in [3.8, 4) is 0 Å². The fraction of sp³-hybridized carbons (Fsp3) is 0.350. The van der Waals surface area contributed by atoms with Gasteiger partial charge in [-0.05, 0) is 37.1 Å². The van der Waals surface area contributed by atoms with Crippen LogP contribution in [-0.2, 0) is 17.9 Å². The number of hydrogen-bond donors (Lipinski definition) is 2. The second kappa shape index (κ2) is 8.74. The monoisotopic (exact) mass is 344 g/mol. The molecule has 134 valence electrons. The predicted molar refractivity (Wildman–Crippen MR) is 96.3 cm³/mol. The zero-order chi connectivity index (χ0) is 18.3. The van der Waals surface area contributed by atoms with E-state index in [-0.39, 0.29) is 18.3 Å². The molecule has 0 saturated carbocycles. The normalized spacial score (nSPS) is 11.6. The lowest BCUT2D eigenvalue weighted by Crippen LogP contribution is -2.43. The predicted octanol–water partition coefficient (Wildman–Crippen LogP) is 2.72. The summed E-state index contributed by atoms with van der Waals surface area (Å²) in [7, 11) is 0. The van der Waals surface area contributed by atoms with Gasteiger partial charge in [0.15, 0.2) is 0 Å². The summed E-state index contributed by atoms with van der Waals surface area (Å²) in [5.74, 6) is -0.432. The first-order valence-corrected chi connectivity index (χ1v) is 8.32. The molecular weight excluding hydrogens is 319 g/mol. The minimum absolute atomic E-state index is 0.135. The number of benzene rings is 2. The molecule has 1 amide bonds. The highest BCUT2D eigenvalue weighted by Crippen LogP contribution is 2.10. The van der Waals surface area contributed by atoms with E-state index in [1.54, 1.807) is 26.0 Å². The molecule has 0 aliphatic carbocycles. The van der Waals surface area contributed by atoms with E-state index in [4.69, 9.17) is 0 Å². The molecule has 0 aromatic heterocycles. The number of carbonyl (C=O) groups is 1. The smallest absolute Gasteiger partial charge is 0.234 e. The van der Waals surface area contributed by atoms with Crippen LogP contribution in [0.15, 0.2) is 54.6 Å². The number of halogens is 1. The van der Waals surface area contributed by atoms with E-state index in [0.717, 1.165) is 11.1 Å². The number of hydrogen-bond acceptors (Lipinski definition) is 3. The molecular formula is C20H25FN2O2. The van der Waals surface area contributed by atoms with Crippen molar-refractivity contribution in [1.29, 1.82) is 0 Å². The maximum absolute atomic E-state index is 12.9. The third kappa shape index (κ3) is 7.45. The van der Waals surface area contributed by atoms with Crippen molar-refractivity contribution < 1.29 is 14.3 Å². The van der Waals surface area contributed by atoms with Crippen molar-refractivity contribution in [2.45, 2.75) is 32.5 Å². The lowest BCUT2D eigenvalue weighted by atomic mass is 10.1. The van der Waals surface area contributed by atoms with E-state index in [9.17, 15) is 14.3 Å². The molecule has 5 heteroatoms. The van der Waals surface area contributed by atoms with Crippen LogP contribution in [0.1, 0.15) is 25.0 Å². The lowest BCUT2D eigenvalue weighted by molar-refractivity contribution is -0.123. The zero-order valence-corrected chi connectivity index (χ0v) is 14.7. The van der Waals surface area contributed by atoms with E-state index in [2.05, 4.69) is 5.32 Å². The number of amides is 1. The Balaban J connectivity index is 1.92. The van der Waals surface area contributed by atoms with Gasteiger partial charge >= 0.3 is 0 Å². The Bertz CT molecular complexity index is 666. The second-order valence-corrected chi connectivity index (χ2v) is 6.85. The molecule has 2 aromatic rings. The topological polar surface area (TPSA) is 52.6 Å². The van der Waals surface area contributed by atoms with Crippen LogP contribution < -0.4 is 5.32 Å². The van der Waals surface area contributed by atoms with Gasteiger partial charge < -0.3 is 10.4 Å². The van der Waals surface area contributed by atoms with Crippen LogP contribution in [0.3, 0.4) is 0 Å². The van der Waals surface area contributed by atoms with Crippen molar-refractivity contribution in [2.24, 2.45) is 0 Å². The largest absolute Gasteiger partial charge is 0.389 e. The summed E-state index contributed by atoms with van der Waals surface area (Å²) in [5, 5.41) is 12.9. The molecule has 0 aliphatic rings. The van der Waals surface area contributed by atoms with E-state index in [0.29, 0.717) is 19.6 Å². The Morgan fingerprint density at radius 3 is 2.32 bits per heavy atom. The first-order chi connectivity index (χ1) is 11.8. The van der Waals surface area contributed by atoms with Crippen LogP contribution in [0.2, 0.25) is 0 Å². The molecule has 0 spiro atoms. The standard InChI is InChI=1S/C20H25FN2O2/c1-20(2,25)15-23(13-17-6-4-3-5-7-17)14-19(24)22-12-16-8-10-18(21)11-9-16/h3-11,25H,12-15H2,1-2H3,(H,22,24). The maximum atomic E-state index is 12.9. The fourth-order valence-electron chi connectivity index (χ4n) is 2.62. The Morgan fingerprint density at radius 2 is 1.72 bits per heavy atom. The van der Waals surface area contributed by atoms with Gasteiger partial charge in [0.05, 0.1) is 12.1 Å². The number of nitrogens with one attached hydrogen (secondary N) is 1. The van der Waals surface area contributed by atoms with Crippen molar-refractivity contribution >= 4 is 5.91 Å². The molecule has 25 heavy (non-hydrogen) atoms. The summed E-state index contributed by atoms with van der Waals surface area (Å²) in [6.45, 7) is 4.93. The molecule has 0 heterocycles. The Hall–Kier alpha value is -2.24. The molecule has 0 atom stereocenters. The summed E-state index contributed by atoms with van der Waals surface area (Å²) in [6.07, 6.45) is 0. The summed E-state index contributed by atoms with van der Waals surface area (Å²) < 4.78 is 12.9. The first kappa shape index (κ1) is 19.1. The molecule has 2 rings (SSSR count). The Morgan fingerprint density at radius 1 is 1.08 bits per heavy atom. The molecule has 0 radical (unpaired) electrons. The van der Waals surface area contributed by atoms with Gasteiger partial charge in [-0.3, -0.25) is 9.69 Å². The summed E-state index contributed by atoms with van der Waals surface area (Å²) >= 11 is 0. The van der Waals surface area contributed by atoms with E-state index >= 15 is 0 Å². The highest BCUT2D eigenvalue weighted by atomic mass is 19.1. The molecule has 0 unspecified atom stereocenters. The summed E-state index contributed by atoms with van der Waals surface area (Å²) in [6, 6.07) is 15.9. The summed E-state index contributed by atoms with van der Waals surface area (Å²) in [4.78, 5) is 14.2. The number of carbonyl (C=O) groups excluding carboxylic acids is 1. The Kier molecular flexibility index (Phi) is 6.67. The highest BCUT2D eigenvalue weighted by molar-refractivity contribution is 5.78. The van der Waals surface area contributed by atoms with Gasteiger partial charge in [0, 0.05) is 19.6 Å². The van der Waals surface area contributed by atoms with Crippen LogP contribution in [-0.4, -0.2) is 34.6 Å². The molecule has 0 aliphatic heterocycles. The maximum Gasteiger partial charge on any atom is 0.234 e. The van der Waals surface area contributed by atoms with Gasteiger partial charge in [-0.1, -0.05) is 42.5 Å². The van der Waals surface area contributed by atoms with Gasteiger partial charge in [-0.15, -0.1) is 0 Å². The van der Waals surface area contributed by atoms with Gasteiger partial charge in [0.2, 0.25) is 5.91 Å². The lowest BCUT2D eigenvalue weighted by Gasteiger charge is -2.28. The average Bonchev–Trinajstić information content (AvgIpc) is 2.53. The van der Waals surface area contributed by atoms with Crippen molar-refractivity contribution in [3.63, 3.8) is 0 Å². The SMILES string of the molecule is CC(C)(O)CN(CC(=O)NCc1ccc(F)cc1)Cc1ccccc1. The van der Waals surface area contributed by atoms with Gasteiger partial charge in [-0.25, -0.2) is 4.39 Å². The fourth-order valence-corrected chi connectivity index (χ4v) is 2.62. The molecule has 2 N–H and O–H groups in total. The molecule has 4 nitrogen and oxygen atoms in total. The molecule has 0 bridgehead atoms. The van der Waals surface area contributed by atoms with Crippen molar-refractivity contribution in [1.82, 2.24) is 10.2 Å². The van der Waals surface area contributed by atoms with Crippen LogP contribution in [0, 0.1) is 5.82 Å². The van der Waals surface area contributed by atoms with Crippen molar-refractivity contribution in [3.05, 3.63) is 71.5 Å². The third-order valence-corrected chi connectivity index (χ3v) is 3.63. The van der Waals surface area contributed by atoms with Crippen LogP contribution in [0.5, 0.6) is 0 Å². The highest BCUT2D eigenvalue weighted by Gasteiger charge is 2.20. The number of aliphatic hydroxyl groups is 1. The van der Waals surface area contributed by atoms with Crippen LogP contribution in [0.4, 0.5) is 4.39 Å². The van der Waals surface area contributed by atoms with Crippen LogP contribution in [0.25, 0.3) is 0 Å². The molecule has 0 saturated heterocycles. The minimum Gasteiger partial charge on any atom is -0.389 e. The van der Waals surface area contributed by atoms with E-state index in [1.165, 1.54) is 12.1 Å². The van der Waals surface area contributed by atoms with Crippen LogP contribution >= 0.6 is 0 Å². The van der Waals surface area contributed by atoms with Gasteiger partial charge in [0.1, 0.15) is 5.82 Å². The molecule has 2 aromatic carbocycles. The van der Waals surface area contributed by atoms with E-state index in [1.807, 2.05) is 35.2 Å². The molecule has 0 fully saturated rings. The Labute approximate surface area is 148 Å². The second-order valence-electron chi connectivity index (χ2n) is 6.85. The van der Waals surface area contributed by atoms with E-state index < -0.39 is 5.60 Å². The number of rotatable bonds is 8. The summed E-state index contributed by atoms with van der Waals surface area (Å²) in [5.41, 5.74) is 1.02.